The van der Waals surface area contributed by atoms with Crippen molar-refractivity contribution < 1.29 is 4.92 Å². The van der Waals surface area contributed by atoms with Gasteiger partial charge in [0.15, 0.2) is 0 Å². The normalized spacial score (nSPS) is 11.0. The lowest BCUT2D eigenvalue weighted by molar-refractivity contribution is -0.384. The third-order valence-electron chi connectivity index (χ3n) is 12.7. The quantitative estimate of drug-likeness (QED) is 0.113. The van der Waals surface area contributed by atoms with E-state index < -0.39 is 0 Å². The molecule has 10 aromatic carbocycles. The van der Waals surface area contributed by atoms with Gasteiger partial charge in [0.2, 0.25) is 0 Å². The SMILES string of the molecule is Cc1ccccc1.Cc1ccccc1-c1cc(-c2cccc(-c3cc(-c4cccc(-c5ccc6c(c5)c5ccccc5n6-c5ccccc5)c4)cc(-c4ccccc4[N+](=O)[O-])c3)c2)ccc1C. The van der Waals surface area contributed by atoms with Gasteiger partial charge in [-0.05, 0) is 166 Å². The van der Waals surface area contributed by atoms with Crippen molar-refractivity contribution in [3.05, 3.63) is 263 Å². The summed E-state index contributed by atoms with van der Waals surface area (Å²) in [6.07, 6.45) is 0. The summed E-state index contributed by atoms with van der Waals surface area (Å²) in [6, 6.07) is 81.9. The molecule has 0 aliphatic heterocycles. The second-order valence-electron chi connectivity index (χ2n) is 17.2. The molecule has 0 saturated heterocycles. The maximum Gasteiger partial charge on any atom is 0.277 e. The van der Waals surface area contributed by atoms with E-state index in [1.165, 1.54) is 44.1 Å². The maximum atomic E-state index is 12.3. The number of nitro benzene ring substituents is 1. The summed E-state index contributed by atoms with van der Waals surface area (Å²) in [4.78, 5) is 12.0. The molecule has 4 nitrogen and oxygen atoms in total. The van der Waals surface area contributed by atoms with Gasteiger partial charge in [-0.15, -0.1) is 0 Å². The number of hydrogen-bond acceptors (Lipinski definition) is 2. The fourth-order valence-corrected chi connectivity index (χ4v) is 9.26. The highest BCUT2D eigenvalue weighted by atomic mass is 16.6. The Morgan fingerprint density at radius 3 is 1.46 bits per heavy atom. The Hall–Kier alpha value is -8.60. The van der Waals surface area contributed by atoms with Crippen molar-refractivity contribution in [1.29, 1.82) is 0 Å². The van der Waals surface area contributed by atoms with Gasteiger partial charge >= 0.3 is 0 Å². The average molecular weight is 865 g/mol. The summed E-state index contributed by atoms with van der Waals surface area (Å²) in [5.41, 5.74) is 19.6. The Morgan fingerprint density at radius 2 is 0.821 bits per heavy atom. The molecule has 0 aliphatic carbocycles. The topological polar surface area (TPSA) is 48.1 Å². The molecular formula is C63H48N2O2. The van der Waals surface area contributed by atoms with E-state index in [1.54, 1.807) is 12.1 Å². The first-order valence-corrected chi connectivity index (χ1v) is 22.7. The minimum atomic E-state index is -0.294. The molecule has 0 unspecified atom stereocenters. The van der Waals surface area contributed by atoms with E-state index in [4.69, 9.17) is 0 Å². The molecule has 0 N–H and O–H groups in total. The third kappa shape index (κ3) is 8.69. The van der Waals surface area contributed by atoms with Crippen molar-refractivity contribution >= 4 is 27.5 Å². The lowest BCUT2D eigenvalue weighted by Gasteiger charge is -2.14. The number of rotatable bonds is 8. The van der Waals surface area contributed by atoms with Crippen LogP contribution in [0.5, 0.6) is 0 Å². The van der Waals surface area contributed by atoms with Crippen LogP contribution in [0.3, 0.4) is 0 Å². The Bertz CT molecular complexity index is 3590. The monoisotopic (exact) mass is 864 g/mol. The van der Waals surface area contributed by atoms with E-state index in [1.807, 2.05) is 36.4 Å². The third-order valence-corrected chi connectivity index (χ3v) is 12.7. The molecule has 67 heavy (non-hydrogen) atoms. The Balaban J connectivity index is 0.000000689. The van der Waals surface area contributed by atoms with Crippen LogP contribution in [0, 0.1) is 30.9 Å². The summed E-state index contributed by atoms with van der Waals surface area (Å²) in [5.74, 6) is 0. The van der Waals surface area contributed by atoms with E-state index in [2.05, 4.69) is 213 Å². The van der Waals surface area contributed by atoms with Gasteiger partial charge in [0.25, 0.3) is 5.69 Å². The molecule has 322 valence electrons. The molecular weight excluding hydrogens is 817 g/mol. The Kier molecular flexibility index (Phi) is 11.7. The van der Waals surface area contributed by atoms with Crippen LogP contribution in [0.4, 0.5) is 5.69 Å². The van der Waals surface area contributed by atoms with Crippen LogP contribution in [0.2, 0.25) is 0 Å². The fourth-order valence-electron chi connectivity index (χ4n) is 9.26. The first-order valence-electron chi connectivity index (χ1n) is 22.7. The number of hydrogen-bond donors (Lipinski definition) is 0. The summed E-state index contributed by atoms with van der Waals surface area (Å²) in [6.45, 7) is 6.40. The fraction of sp³-hybridized carbons (Fsp3) is 0.0476. The van der Waals surface area contributed by atoms with E-state index >= 15 is 0 Å². The van der Waals surface area contributed by atoms with Gasteiger partial charge in [-0.25, -0.2) is 0 Å². The van der Waals surface area contributed by atoms with Gasteiger partial charge in [0, 0.05) is 22.5 Å². The lowest BCUT2D eigenvalue weighted by Crippen LogP contribution is -1.93. The largest absolute Gasteiger partial charge is 0.309 e. The molecule has 1 heterocycles. The summed E-state index contributed by atoms with van der Waals surface area (Å²) < 4.78 is 2.33. The number of nitro groups is 1. The van der Waals surface area contributed by atoms with Crippen molar-refractivity contribution in [3.63, 3.8) is 0 Å². The number of aryl methyl sites for hydroxylation is 3. The van der Waals surface area contributed by atoms with Crippen LogP contribution in [0.1, 0.15) is 16.7 Å². The zero-order valence-corrected chi connectivity index (χ0v) is 37.7. The van der Waals surface area contributed by atoms with Crippen molar-refractivity contribution in [1.82, 2.24) is 4.57 Å². The molecule has 4 heteroatoms. The predicted molar refractivity (Wildman–Crippen MR) is 281 cm³/mol. The van der Waals surface area contributed by atoms with Gasteiger partial charge in [-0.3, -0.25) is 10.1 Å². The van der Waals surface area contributed by atoms with Crippen LogP contribution >= 0.6 is 0 Å². The second-order valence-corrected chi connectivity index (χ2v) is 17.2. The molecule has 0 saturated carbocycles. The molecule has 11 rings (SSSR count). The van der Waals surface area contributed by atoms with E-state index in [0.29, 0.717) is 5.56 Å². The van der Waals surface area contributed by atoms with E-state index in [0.717, 1.165) is 61.3 Å². The minimum absolute atomic E-state index is 0.0782. The van der Waals surface area contributed by atoms with Crippen molar-refractivity contribution in [3.8, 4) is 72.4 Å². The van der Waals surface area contributed by atoms with Gasteiger partial charge in [-0.1, -0.05) is 163 Å². The van der Waals surface area contributed by atoms with Crippen LogP contribution in [0.15, 0.2) is 237 Å². The van der Waals surface area contributed by atoms with Crippen molar-refractivity contribution in [2.45, 2.75) is 20.8 Å². The molecule has 0 atom stereocenters. The number of benzene rings is 10. The zero-order chi connectivity index (χ0) is 45.9. The minimum Gasteiger partial charge on any atom is -0.309 e. The molecule has 0 bridgehead atoms. The van der Waals surface area contributed by atoms with Gasteiger partial charge in [0.05, 0.1) is 21.5 Å². The smallest absolute Gasteiger partial charge is 0.277 e. The van der Waals surface area contributed by atoms with Gasteiger partial charge in [0.1, 0.15) is 0 Å². The molecule has 0 aliphatic rings. The maximum absolute atomic E-state index is 12.3. The lowest BCUT2D eigenvalue weighted by atomic mass is 9.90. The average Bonchev–Trinajstić information content (AvgIpc) is 3.71. The highest BCUT2D eigenvalue weighted by Gasteiger charge is 2.18. The second kappa shape index (κ2) is 18.5. The van der Waals surface area contributed by atoms with Crippen LogP contribution < -0.4 is 0 Å². The summed E-state index contributed by atoms with van der Waals surface area (Å²) in [5, 5.41) is 14.7. The van der Waals surface area contributed by atoms with E-state index in [9.17, 15) is 10.1 Å². The number of para-hydroxylation sites is 3. The molecule has 0 fully saturated rings. The summed E-state index contributed by atoms with van der Waals surface area (Å²) in [7, 11) is 0. The Labute approximate surface area is 391 Å². The van der Waals surface area contributed by atoms with Crippen molar-refractivity contribution in [2.75, 3.05) is 0 Å². The number of fused-ring (bicyclic) bond motifs is 3. The highest BCUT2D eigenvalue weighted by Crippen LogP contribution is 2.40. The van der Waals surface area contributed by atoms with Crippen LogP contribution in [-0.4, -0.2) is 9.49 Å². The number of aromatic nitrogens is 1. The van der Waals surface area contributed by atoms with Crippen LogP contribution in [-0.2, 0) is 0 Å². The standard InChI is InChI=1S/C56H40N2O2.C7H8/c1-37-14-6-7-21-49(37)52-35-43(27-26-38(52)2)39-15-12-17-41(30-39)45-32-46(34-47(33-45)50-22-8-11-25-56(50)58(59)60)42-18-13-16-40(31-42)44-28-29-55-53(36-44)51-23-9-10-24-54(51)57(55)48-19-4-3-5-20-48;1-7-5-3-2-4-6-7/h3-36H,1-2H3;2-6H,1H3. The van der Waals surface area contributed by atoms with Gasteiger partial charge < -0.3 is 4.57 Å². The molecule has 0 spiro atoms. The number of nitrogens with zero attached hydrogens (tertiary/aromatic N) is 2. The highest BCUT2D eigenvalue weighted by molar-refractivity contribution is 6.10. The molecule has 0 amide bonds. The predicted octanol–water partition coefficient (Wildman–Crippen LogP) is 17.3. The van der Waals surface area contributed by atoms with Crippen LogP contribution in [0.25, 0.3) is 94.3 Å². The zero-order valence-electron chi connectivity index (χ0n) is 37.7. The van der Waals surface area contributed by atoms with Crippen molar-refractivity contribution in [2.24, 2.45) is 0 Å². The Morgan fingerprint density at radius 1 is 0.343 bits per heavy atom. The first kappa shape index (κ1) is 42.4. The molecule has 11 aromatic rings. The molecule has 0 radical (unpaired) electrons. The first-order chi connectivity index (χ1) is 32.8. The molecule has 1 aromatic heterocycles. The van der Waals surface area contributed by atoms with E-state index in [-0.39, 0.29) is 10.6 Å². The van der Waals surface area contributed by atoms with Gasteiger partial charge in [-0.2, -0.15) is 0 Å². The summed E-state index contributed by atoms with van der Waals surface area (Å²) >= 11 is 0.